The van der Waals surface area contributed by atoms with Crippen LogP contribution in [0.4, 0.5) is 13.2 Å². The highest BCUT2D eigenvalue weighted by molar-refractivity contribution is 6.35. The van der Waals surface area contributed by atoms with Crippen molar-refractivity contribution in [2.24, 2.45) is 5.92 Å². The summed E-state index contributed by atoms with van der Waals surface area (Å²) in [6, 6.07) is 20.7. The number of nitriles is 1. The van der Waals surface area contributed by atoms with Crippen LogP contribution in [-0.2, 0) is 26.3 Å². The SMILES string of the molecule is Cc1c(COc2cc(OCc3cncc(C#N)c3)c(CNCc3ncccn3)cc2Cl)cccc1-c1cccc(OCC2CCCN(CCC(F)(F)F)C2)c1Cl. The van der Waals surface area contributed by atoms with E-state index >= 15 is 0 Å². The molecule has 1 unspecified atom stereocenters. The van der Waals surface area contributed by atoms with Crippen molar-refractivity contribution in [3.63, 3.8) is 0 Å². The number of hydrogen-bond acceptors (Lipinski definition) is 9. The summed E-state index contributed by atoms with van der Waals surface area (Å²) in [4.78, 5) is 14.5. The number of piperidine rings is 1. The second-order valence-electron chi connectivity index (χ2n) is 13.6. The Kier molecular flexibility index (Phi) is 14.0. The largest absolute Gasteiger partial charge is 0.492 e. The Morgan fingerprint density at radius 2 is 1.68 bits per heavy atom. The number of aromatic nitrogens is 3. The van der Waals surface area contributed by atoms with Gasteiger partial charge in [0, 0.05) is 73.1 Å². The topological polar surface area (TPSA) is 105 Å². The summed E-state index contributed by atoms with van der Waals surface area (Å²) in [6.45, 7) is 4.81. The monoisotopic (exact) mass is 804 g/mol. The molecule has 56 heavy (non-hydrogen) atoms. The van der Waals surface area contributed by atoms with Gasteiger partial charge in [-0.1, -0.05) is 53.5 Å². The van der Waals surface area contributed by atoms with E-state index in [0.29, 0.717) is 71.5 Å². The molecule has 0 spiro atoms. The third-order valence-electron chi connectivity index (χ3n) is 9.52. The fraction of sp³-hybridized carbons (Fsp3) is 0.333. The molecule has 0 bridgehead atoms. The number of likely N-dealkylation sites (tertiary alicyclic amines) is 1. The number of nitrogens with one attached hydrogen (secondary N) is 1. The Hall–Kier alpha value is -4.93. The van der Waals surface area contributed by atoms with Crippen molar-refractivity contribution in [1.82, 2.24) is 25.2 Å². The molecule has 1 aliphatic heterocycles. The minimum Gasteiger partial charge on any atom is -0.492 e. The van der Waals surface area contributed by atoms with Crippen molar-refractivity contribution >= 4 is 23.2 Å². The van der Waals surface area contributed by atoms with E-state index in [1.165, 1.54) is 6.20 Å². The van der Waals surface area contributed by atoms with Gasteiger partial charge in [-0.15, -0.1) is 0 Å². The van der Waals surface area contributed by atoms with Gasteiger partial charge in [-0.05, 0) is 67.3 Å². The molecule has 1 atom stereocenters. The van der Waals surface area contributed by atoms with E-state index in [9.17, 15) is 18.4 Å². The first-order valence-electron chi connectivity index (χ1n) is 18.2. The Bertz CT molecular complexity index is 2130. The van der Waals surface area contributed by atoms with E-state index in [1.54, 1.807) is 42.9 Å². The Morgan fingerprint density at radius 1 is 0.893 bits per heavy atom. The molecule has 0 amide bonds. The Morgan fingerprint density at radius 3 is 2.48 bits per heavy atom. The minimum absolute atomic E-state index is 0.00196. The minimum atomic E-state index is -4.17. The normalized spacial score (nSPS) is 14.6. The molecule has 3 heterocycles. The molecule has 5 aromatic rings. The highest BCUT2D eigenvalue weighted by Crippen LogP contribution is 2.39. The zero-order valence-electron chi connectivity index (χ0n) is 30.8. The van der Waals surface area contributed by atoms with Gasteiger partial charge in [-0.3, -0.25) is 4.98 Å². The predicted octanol–water partition coefficient (Wildman–Crippen LogP) is 9.52. The summed E-state index contributed by atoms with van der Waals surface area (Å²) >= 11 is 13.7. The van der Waals surface area contributed by atoms with Gasteiger partial charge in [0.1, 0.15) is 42.4 Å². The molecular weight excluding hydrogens is 764 g/mol. The van der Waals surface area contributed by atoms with E-state index in [2.05, 4.69) is 26.3 Å². The maximum absolute atomic E-state index is 12.8. The lowest BCUT2D eigenvalue weighted by Crippen LogP contribution is -2.39. The first-order chi connectivity index (χ1) is 27.1. The third-order valence-corrected chi connectivity index (χ3v) is 10.2. The lowest BCUT2D eigenvalue weighted by Gasteiger charge is -2.32. The van der Waals surface area contributed by atoms with Crippen molar-refractivity contribution in [3.05, 3.63) is 129 Å². The number of benzene rings is 3. The van der Waals surface area contributed by atoms with Crippen LogP contribution < -0.4 is 19.5 Å². The van der Waals surface area contributed by atoms with Crippen LogP contribution in [0.25, 0.3) is 11.1 Å². The summed E-state index contributed by atoms with van der Waals surface area (Å²) in [5.41, 5.74) is 5.54. The molecular formula is C42H41Cl2F3N6O3. The second kappa shape index (κ2) is 19.3. The van der Waals surface area contributed by atoms with Crippen LogP contribution in [-0.4, -0.2) is 52.3 Å². The summed E-state index contributed by atoms with van der Waals surface area (Å²) in [5.74, 6) is 2.26. The molecule has 0 saturated carbocycles. The quantitative estimate of drug-likeness (QED) is 0.104. The van der Waals surface area contributed by atoms with Crippen LogP contribution in [0.15, 0.2) is 85.5 Å². The van der Waals surface area contributed by atoms with E-state index in [1.807, 2.05) is 48.2 Å². The summed E-state index contributed by atoms with van der Waals surface area (Å²) < 4.78 is 57.1. The average molecular weight is 806 g/mol. The number of halogens is 5. The van der Waals surface area contributed by atoms with Gasteiger partial charge in [0.25, 0.3) is 0 Å². The van der Waals surface area contributed by atoms with Gasteiger partial charge in [-0.2, -0.15) is 18.4 Å². The maximum Gasteiger partial charge on any atom is 0.390 e. The lowest BCUT2D eigenvalue weighted by molar-refractivity contribution is -0.138. The molecule has 1 aliphatic rings. The summed E-state index contributed by atoms with van der Waals surface area (Å²) in [7, 11) is 0. The van der Waals surface area contributed by atoms with Gasteiger partial charge in [0.05, 0.1) is 35.2 Å². The fourth-order valence-corrected chi connectivity index (χ4v) is 7.10. The van der Waals surface area contributed by atoms with Gasteiger partial charge in [0.15, 0.2) is 0 Å². The highest BCUT2D eigenvalue weighted by Gasteiger charge is 2.29. The predicted molar refractivity (Wildman–Crippen MR) is 209 cm³/mol. The third kappa shape index (κ3) is 11.3. The van der Waals surface area contributed by atoms with Gasteiger partial charge in [0.2, 0.25) is 0 Å². The summed E-state index contributed by atoms with van der Waals surface area (Å²) in [6.07, 6.45) is 3.26. The zero-order valence-corrected chi connectivity index (χ0v) is 32.3. The van der Waals surface area contributed by atoms with Crippen molar-refractivity contribution in [3.8, 4) is 34.4 Å². The smallest absolute Gasteiger partial charge is 0.390 e. The number of nitrogens with zero attached hydrogens (tertiary/aromatic N) is 5. The molecule has 3 aromatic carbocycles. The van der Waals surface area contributed by atoms with Crippen LogP contribution >= 0.6 is 23.2 Å². The van der Waals surface area contributed by atoms with Crippen LogP contribution in [0, 0.1) is 24.2 Å². The van der Waals surface area contributed by atoms with Gasteiger partial charge >= 0.3 is 6.18 Å². The van der Waals surface area contributed by atoms with Crippen LogP contribution in [0.3, 0.4) is 0 Å². The van der Waals surface area contributed by atoms with Crippen molar-refractivity contribution in [1.29, 1.82) is 5.26 Å². The molecule has 2 aromatic heterocycles. The molecule has 0 radical (unpaired) electrons. The first kappa shape index (κ1) is 40.7. The van der Waals surface area contributed by atoms with E-state index in [0.717, 1.165) is 46.2 Å². The van der Waals surface area contributed by atoms with E-state index in [-0.39, 0.29) is 25.7 Å². The number of pyridine rings is 1. The fourth-order valence-electron chi connectivity index (χ4n) is 6.58. The Labute approximate surface area is 334 Å². The van der Waals surface area contributed by atoms with Crippen LogP contribution in [0.1, 0.15) is 52.9 Å². The van der Waals surface area contributed by atoms with Gasteiger partial charge in [-0.25, -0.2) is 9.97 Å². The van der Waals surface area contributed by atoms with Crippen molar-refractivity contribution in [2.75, 3.05) is 26.2 Å². The number of rotatable bonds is 16. The number of hydrogen-bond donors (Lipinski definition) is 1. The highest BCUT2D eigenvalue weighted by atomic mass is 35.5. The molecule has 292 valence electrons. The van der Waals surface area contributed by atoms with Crippen LogP contribution in [0.2, 0.25) is 10.0 Å². The van der Waals surface area contributed by atoms with Crippen molar-refractivity contribution < 1.29 is 27.4 Å². The molecule has 1 saturated heterocycles. The van der Waals surface area contributed by atoms with Crippen molar-refractivity contribution in [2.45, 2.75) is 58.7 Å². The molecule has 0 aliphatic carbocycles. The molecule has 14 heteroatoms. The summed E-state index contributed by atoms with van der Waals surface area (Å²) in [5, 5.41) is 13.5. The molecule has 6 rings (SSSR count). The first-order valence-corrected chi connectivity index (χ1v) is 19.0. The van der Waals surface area contributed by atoms with Crippen LogP contribution in [0.5, 0.6) is 17.2 Å². The molecule has 1 fully saturated rings. The number of alkyl halides is 3. The lowest BCUT2D eigenvalue weighted by atomic mass is 9.96. The molecule has 9 nitrogen and oxygen atoms in total. The Balaban J connectivity index is 1.14. The average Bonchev–Trinajstić information content (AvgIpc) is 3.20. The second-order valence-corrected chi connectivity index (χ2v) is 14.4. The zero-order chi connectivity index (χ0) is 39.5. The standard InChI is InChI=1S/C42H41Cl2F3N6O3/c1-28-32(7-2-8-34(28)35-9-3-10-37(41(35)44)54-25-29-6-4-14-53(24-29)15-11-42(45,46)47)27-56-39-18-38(55-26-31-16-30(19-48)20-49-21-31)33(17-36(39)43)22-50-23-40-51-12-5-13-52-40/h2-3,5,7-10,12-13,16-18,20-21,29,50H,4,6,11,14-15,22-27H2,1H3. The van der Waals surface area contributed by atoms with Gasteiger partial charge < -0.3 is 24.4 Å². The van der Waals surface area contributed by atoms with E-state index in [4.69, 9.17) is 37.4 Å². The van der Waals surface area contributed by atoms with E-state index < -0.39 is 12.6 Å². The molecule has 1 N–H and O–H groups in total. The number of ether oxygens (including phenoxy) is 3. The maximum atomic E-state index is 12.8.